The molecule has 0 unspecified atom stereocenters. The SMILES string of the molecule is O=C1Cc2c(ccc3ccccc23)N(c2ccccc2)C1. The first-order valence-electron chi connectivity index (χ1n) is 7.18. The van der Waals surface area contributed by atoms with Gasteiger partial charge in [-0.3, -0.25) is 4.79 Å². The minimum Gasteiger partial charge on any atom is -0.334 e. The Morgan fingerprint density at radius 3 is 2.43 bits per heavy atom. The molecular formula is C19H15NO. The van der Waals surface area contributed by atoms with Crippen molar-refractivity contribution in [3.63, 3.8) is 0 Å². The Balaban J connectivity index is 1.95. The molecule has 102 valence electrons. The van der Waals surface area contributed by atoms with Gasteiger partial charge >= 0.3 is 0 Å². The van der Waals surface area contributed by atoms with Crippen molar-refractivity contribution in [3.05, 3.63) is 72.3 Å². The van der Waals surface area contributed by atoms with Gasteiger partial charge < -0.3 is 4.90 Å². The maximum atomic E-state index is 12.2. The van der Waals surface area contributed by atoms with Crippen molar-refractivity contribution in [1.82, 2.24) is 0 Å². The van der Waals surface area contributed by atoms with Crippen molar-refractivity contribution >= 4 is 27.9 Å². The summed E-state index contributed by atoms with van der Waals surface area (Å²) in [5.41, 5.74) is 3.37. The highest BCUT2D eigenvalue weighted by Gasteiger charge is 2.24. The topological polar surface area (TPSA) is 20.3 Å². The zero-order valence-electron chi connectivity index (χ0n) is 11.6. The normalized spacial score (nSPS) is 14.3. The van der Waals surface area contributed by atoms with Gasteiger partial charge in [-0.05, 0) is 34.5 Å². The minimum absolute atomic E-state index is 0.266. The molecule has 0 amide bonds. The standard InChI is InChI=1S/C19H15NO/c21-16-12-18-17-9-5-4-6-14(17)10-11-19(18)20(13-16)15-7-2-1-3-8-15/h1-11H,12-13H2. The number of hydrogen-bond acceptors (Lipinski definition) is 2. The highest BCUT2D eigenvalue weighted by molar-refractivity contribution is 6.01. The second-order valence-corrected chi connectivity index (χ2v) is 5.42. The first kappa shape index (κ1) is 12.2. The quantitative estimate of drug-likeness (QED) is 0.665. The third kappa shape index (κ3) is 2.00. The summed E-state index contributed by atoms with van der Waals surface area (Å²) in [7, 11) is 0. The number of carbonyl (C=O) groups is 1. The summed E-state index contributed by atoms with van der Waals surface area (Å²) in [6.07, 6.45) is 0.528. The maximum absolute atomic E-state index is 12.2. The lowest BCUT2D eigenvalue weighted by Crippen LogP contribution is -2.32. The molecule has 1 aliphatic rings. The molecule has 21 heavy (non-hydrogen) atoms. The molecule has 0 spiro atoms. The number of carbonyl (C=O) groups excluding carboxylic acids is 1. The summed E-state index contributed by atoms with van der Waals surface area (Å²) in [5, 5.41) is 2.38. The van der Waals surface area contributed by atoms with Crippen LogP contribution in [0.4, 0.5) is 11.4 Å². The number of hydrogen-bond donors (Lipinski definition) is 0. The van der Waals surface area contributed by atoms with Gasteiger partial charge in [0.15, 0.2) is 5.78 Å². The number of anilines is 2. The van der Waals surface area contributed by atoms with Gasteiger partial charge in [0.2, 0.25) is 0 Å². The first-order chi connectivity index (χ1) is 10.3. The fourth-order valence-corrected chi connectivity index (χ4v) is 3.12. The summed E-state index contributed by atoms with van der Waals surface area (Å²) >= 11 is 0. The molecule has 0 radical (unpaired) electrons. The first-order valence-corrected chi connectivity index (χ1v) is 7.18. The van der Waals surface area contributed by atoms with Crippen LogP contribution in [-0.2, 0) is 11.2 Å². The van der Waals surface area contributed by atoms with Crippen molar-refractivity contribution < 1.29 is 4.79 Å². The Morgan fingerprint density at radius 2 is 1.57 bits per heavy atom. The van der Waals surface area contributed by atoms with Crippen LogP contribution in [0.15, 0.2) is 66.7 Å². The van der Waals surface area contributed by atoms with Crippen molar-refractivity contribution in [1.29, 1.82) is 0 Å². The fourth-order valence-electron chi connectivity index (χ4n) is 3.12. The van der Waals surface area contributed by atoms with Crippen LogP contribution in [-0.4, -0.2) is 12.3 Å². The average Bonchev–Trinajstić information content (AvgIpc) is 2.55. The van der Waals surface area contributed by atoms with Gasteiger partial charge in [-0.2, -0.15) is 0 Å². The van der Waals surface area contributed by atoms with E-state index in [1.54, 1.807) is 0 Å². The Bertz CT molecular complexity index is 823. The second-order valence-electron chi connectivity index (χ2n) is 5.42. The molecule has 3 aromatic carbocycles. The highest BCUT2D eigenvalue weighted by Crippen LogP contribution is 2.36. The van der Waals surface area contributed by atoms with Crippen LogP contribution in [0.3, 0.4) is 0 Å². The second kappa shape index (κ2) is 4.74. The van der Waals surface area contributed by atoms with Crippen LogP contribution in [0.2, 0.25) is 0 Å². The Hall–Kier alpha value is -2.61. The largest absolute Gasteiger partial charge is 0.334 e. The highest BCUT2D eigenvalue weighted by atomic mass is 16.1. The van der Waals surface area contributed by atoms with Crippen molar-refractivity contribution in [3.8, 4) is 0 Å². The van der Waals surface area contributed by atoms with Gasteiger partial charge in [-0.1, -0.05) is 48.5 Å². The van der Waals surface area contributed by atoms with E-state index in [-0.39, 0.29) is 5.78 Å². The van der Waals surface area contributed by atoms with E-state index in [1.165, 1.54) is 10.8 Å². The van der Waals surface area contributed by atoms with Crippen LogP contribution in [0, 0.1) is 0 Å². The average molecular weight is 273 g/mol. The van der Waals surface area contributed by atoms with E-state index in [9.17, 15) is 4.79 Å². The van der Waals surface area contributed by atoms with Crippen LogP contribution >= 0.6 is 0 Å². The predicted molar refractivity (Wildman–Crippen MR) is 86.1 cm³/mol. The molecule has 4 rings (SSSR count). The zero-order valence-corrected chi connectivity index (χ0v) is 11.6. The van der Waals surface area contributed by atoms with Crippen molar-refractivity contribution in [2.45, 2.75) is 6.42 Å². The lowest BCUT2D eigenvalue weighted by molar-refractivity contribution is -0.117. The van der Waals surface area contributed by atoms with E-state index in [4.69, 9.17) is 0 Å². The number of benzene rings is 3. The predicted octanol–water partition coefficient (Wildman–Crippen LogP) is 4.10. The summed E-state index contributed by atoms with van der Waals surface area (Å²) in [5.74, 6) is 0.266. The number of para-hydroxylation sites is 1. The van der Waals surface area contributed by atoms with Gasteiger partial charge in [0.25, 0.3) is 0 Å². The third-order valence-electron chi connectivity index (χ3n) is 4.08. The summed E-state index contributed by atoms with van der Waals surface area (Å²) < 4.78 is 0. The van der Waals surface area contributed by atoms with E-state index < -0.39 is 0 Å². The molecule has 2 nitrogen and oxygen atoms in total. The lowest BCUT2D eigenvalue weighted by Gasteiger charge is -2.31. The molecule has 0 aromatic heterocycles. The third-order valence-corrected chi connectivity index (χ3v) is 4.08. The number of rotatable bonds is 1. The summed E-state index contributed by atoms with van der Waals surface area (Å²) in [4.78, 5) is 14.3. The van der Waals surface area contributed by atoms with E-state index in [0.717, 1.165) is 16.9 Å². The molecule has 0 saturated carbocycles. The molecule has 2 heteroatoms. The van der Waals surface area contributed by atoms with Crippen LogP contribution in [0.1, 0.15) is 5.56 Å². The molecule has 1 aliphatic heterocycles. The smallest absolute Gasteiger partial charge is 0.156 e. The van der Waals surface area contributed by atoms with Crippen LogP contribution in [0.5, 0.6) is 0 Å². The molecular weight excluding hydrogens is 258 g/mol. The lowest BCUT2D eigenvalue weighted by atomic mass is 9.94. The molecule has 0 bridgehead atoms. The molecule has 3 aromatic rings. The van der Waals surface area contributed by atoms with E-state index in [0.29, 0.717) is 13.0 Å². The number of ketones is 1. The Kier molecular flexibility index (Phi) is 2.74. The minimum atomic E-state index is 0.266. The van der Waals surface area contributed by atoms with E-state index in [2.05, 4.69) is 41.3 Å². The van der Waals surface area contributed by atoms with E-state index in [1.807, 2.05) is 30.3 Å². The fraction of sp³-hybridized carbons (Fsp3) is 0.105. The van der Waals surface area contributed by atoms with Crippen molar-refractivity contribution in [2.75, 3.05) is 11.4 Å². The van der Waals surface area contributed by atoms with Gasteiger partial charge in [-0.25, -0.2) is 0 Å². The van der Waals surface area contributed by atoms with Gasteiger partial charge in [0.1, 0.15) is 0 Å². The van der Waals surface area contributed by atoms with E-state index >= 15 is 0 Å². The Labute approximate surface area is 123 Å². The molecule has 0 atom stereocenters. The van der Waals surface area contributed by atoms with Crippen molar-refractivity contribution in [2.24, 2.45) is 0 Å². The maximum Gasteiger partial charge on any atom is 0.156 e. The monoisotopic (exact) mass is 273 g/mol. The molecule has 0 saturated heterocycles. The van der Waals surface area contributed by atoms with Crippen LogP contribution in [0.25, 0.3) is 10.8 Å². The summed E-state index contributed by atoms with van der Waals surface area (Å²) in [6.45, 7) is 0.454. The Morgan fingerprint density at radius 1 is 0.810 bits per heavy atom. The molecule has 0 fully saturated rings. The van der Waals surface area contributed by atoms with Crippen LogP contribution < -0.4 is 4.90 Å². The number of Topliss-reactive ketones (excluding diaryl/α,β-unsaturated/α-hetero) is 1. The molecule has 1 heterocycles. The van der Waals surface area contributed by atoms with Gasteiger partial charge in [0.05, 0.1) is 6.54 Å². The zero-order chi connectivity index (χ0) is 14.2. The van der Waals surface area contributed by atoms with Gasteiger partial charge in [-0.15, -0.1) is 0 Å². The molecule has 0 aliphatic carbocycles. The number of fused-ring (bicyclic) bond motifs is 3. The number of nitrogens with zero attached hydrogens (tertiary/aromatic N) is 1. The molecule has 0 N–H and O–H groups in total. The van der Waals surface area contributed by atoms with Gasteiger partial charge in [0, 0.05) is 17.8 Å². The summed E-state index contributed by atoms with van der Waals surface area (Å²) in [6, 6.07) is 22.7.